The van der Waals surface area contributed by atoms with Crippen molar-refractivity contribution in [1.82, 2.24) is 0 Å². The predicted octanol–water partition coefficient (Wildman–Crippen LogP) is 0.698. The Morgan fingerprint density at radius 3 is 1.50 bits per heavy atom. The van der Waals surface area contributed by atoms with Gasteiger partial charge < -0.3 is 0 Å². The Hall–Kier alpha value is -1.93. The Morgan fingerprint density at radius 1 is 0.625 bits per heavy atom. The van der Waals surface area contributed by atoms with E-state index in [1.807, 2.05) is 0 Å². The van der Waals surface area contributed by atoms with E-state index in [9.17, 15) is 0 Å². The van der Waals surface area contributed by atoms with Gasteiger partial charge in [-0.1, -0.05) is 60.4 Å². The fourth-order valence-corrected chi connectivity index (χ4v) is 5.40. The van der Waals surface area contributed by atoms with Crippen molar-refractivity contribution in [3.05, 3.63) is 141 Å². The zero-order chi connectivity index (χ0) is 20.2. The third-order valence-electron chi connectivity index (χ3n) is 7.04. The van der Waals surface area contributed by atoms with E-state index in [2.05, 4.69) is 98.9 Å². The van der Waals surface area contributed by atoms with Crippen molar-refractivity contribution in [2.24, 2.45) is 0 Å². The van der Waals surface area contributed by atoms with Crippen molar-refractivity contribution >= 4 is 0 Å². The second-order valence-electron chi connectivity index (χ2n) is 8.75. The Balaban J connectivity index is 0.00000122. The van der Waals surface area contributed by atoms with Crippen molar-refractivity contribution in [3.8, 4) is 0 Å². The quantitative estimate of drug-likeness (QED) is 0.528. The fraction of sp³-hybridized carbons (Fsp3) is 0.200. The van der Waals surface area contributed by atoms with Gasteiger partial charge in [0, 0.05) is 0 Å². The Bertz CT molecular complexity index is 1160. The summed E-state index contributed by atoms with van der Waals surface area (Å²) < 4.78 is 0. The Morgan fingerprint density at radius 2 is 1.06 bits per heavy atom. The minimum atomic E-state index is 0. The van der Waals surface area contributed by atoms with E-state index in [1.165, 1.54) is 55.7 Å². The monoisotopic (exact) mass is 398 g/mol. The summed E-state index contributed by atoms with van der Waals surface area (Å²) in [6, 6.07) is 9.20. The zero-order valence-corrected chi connectivity index (χ0v) is 19.5. The van der Waals surface area contributed by atoms with Crippen molar-refractivity contribution in [2.45, 2.75) is 38.5 Å². The number of hydrogen-bond donors (Lipinski definition) is 0. The average molecular weight is 398 g/mol. The molecule has 2 unspecified atom stereocenters. The minimum absolute atomic E-state index is 0. The largest absolute Gasteiger partial charge is 1.00 e. The third-order valence-corrected chi connectivity index (χ3v) is 7.04. The molecule has 0 fully saturated rings. The van der Waals surface area contributed by atoms with Crippen LogP contribution >= 0.6 is 0 Å². The maximum Gasteiger partial charge on any atom is 1.00 e. The molecule has 0 saturated heterocycles. The van der Waals surface area contributed by atoms with Gasteiger partial charge in [0.1, 0.15) is 0 Å². The topological polar surface area (TPSA) is 0 Å². The fourth-order valence-electron chi connectivity index (χ4n) is 5.40. The van der Waals surface area contributed by atoms with Gasteiger partial charge in [0.15, 0.2) is 0 Å². The molecule has 0 amide bonds. The smallest absolute Gasteiger partial charge is 0.142 e. The van der Waals surface area contributed by atoms with E-state index >= 15 is 0 Å². The summed E-state index contributed by atoms with van der Waals surface area (Å²) in [5, 5.41) is 0. The molecule has 6 rings (SSSR count). The van der Waals surface area contributed by atoms with Gasteiger partial charge >= 0.3 is 37.7 Å². The van der Waals surface area contributed by atoms with E-state index in [1.54, 1.807) is 0 Å². The van der Waals surface area contributed by atoms with Gasteiger partial charge in [-0.2, -0.15) is 0 Å². The summed E-state index contributed by atoms with van der Waals surface area (Å²) in [7, 11) is 0. The van der Waals surface area contributed by atoms with Crippen molar-refractivity contribution in [3.63, 3.8) is 0 Å². The molecule has 4 aliphatic rings. The molecule has 0 heterocycles. The van der Waals surface area contributed by atoms with Crippen LogP contribution in [0.3, 0.4) is 0 Å². The number of allylic oxidation sites excluding steroid dienone is 10. The first-order valence-corrected chi connectivity index (χ1v) is 10.9. The van der Waals surface area contributed by atoms with Gasteiger partial charge in [0.05, 0.1) is 0 Å². The molecule has 2 aromatic rings. The van der Waals surface area contributed by atoms with Crippen LogP contribution in [0.25, 0.3) is 0 Å². The van der Waals surface area contributed by atoms with E-state index < -0.39 is 0 Å². The van der Waals surface area contributed by atoms with Crippen LogP contribution in [0.5, 0.6) is 0 Å². The normalized spacial score (nSPS) is 20.4. The molecule has 2 atom stereocenters. The molecule has 32 heavy (non-hydrogen) atoms. The summed E-state index contributed by atoms with van der Waals surface area (Å²) in [5.74, 6) is 0.763. The Labute approximate surface area is 215 Å². The minimum Gasteiger partial charge on any atom is -0.142 e. The van der Waals surface area contributed by atoms with E-state index in [4.69, 9.17) is 0 Å². The maximum atomic E-state index is 3.73. The summed E-state index contributed by atoms with van der Waals surface area (Å²) in [6.45, 7) is 4.49. The van der Waals surface area contributed by atoms with Crippen LogP contribution < -0.4 is 37.7 Å². The van der Waals surface area contributed by atoms with Gasteiger partial charge in [0.2, 0.25) is 0 Å². The van der Waals surface area contributed by atoms with Crippen LogP contribution in [0.4, 0.5) is 0 Å². The summed E-state index contributed by atoms with van der Waals surface area (Å²) >= 11 is 0. The standard InChI is InChI=1S/C30H24.2Li/c1-19-11-13-27-25-9-5-3-7-21(25)17-29(27)23(19)15-16-24-20(2)12-14-28-26-10-6-4-8-22(26)18-30(24)28;;/h3-14,25-26H,15-16H2,1-2H3;;/q-2;2*+1. The third kappa shape index (κ3) is 3.65. The first kappa shape index (κ1) is 23.2. The van der Waals surface area contributed by atoms with Gasteiger partial charge in [-0.05, 0) is 25.7 Å². The number of hydrogen-bond acceptors (Lipinski definition) is 0. The maximum absolute atomic E-state index is 3.73. The summed E-state index contributed by atoms with van der Waals surface area (Å²) in [5.41, 5.74) is 13.8. The Kier molecular flexibility index (Phi) is 6.64. The van der Waals surface area contributed by atoms with Crippen molar-refractivity contribution in [1.29, 1.82) is 0 Å². The molecule has 0 spiro atoms. The van der Waals surface area contributed by atoms with Gasteiger partial charge in [0.25, 0.3) is 0 Å². The number of benzene rings is 2. The van der Waals surface area contributed by atoms with E-state index in [0.29, 0.717) is 11.8 Å². The SMILES string of the molecule is Cc1ccc2c(c1CCc1c(C)ccc3c1[C-]=C1C=CC=CC13)[C-]=C1C=CC=CC12.[Li+].[Li+]. The molecule has 0 bridgehead atoms. The van der Waals surface area contributed by atoms with Crippen LogP contribution in [-0.2, 0) is 12.8 Å². The zero-order valence-electron chi connectivity index (χ0n) is 19.5. The van der Waals surface area contributed by atoms with Crippen molar-refractivity contribution < 1.29 is 37.7 Å². The molecule has 0 N–H and O–H groups in total. The summed E-state index contributed by atoms with van der Waals surface area (Å²) in [4.78, 5) is 0. The van der Waals surface area contributed by atoms with Gasteiger partial charge in [-0.25, -0.2) is 0 Å². The molecule has 0 radical (unpaired) electrons. The molecule has 2 heteroatoms. The van der Waals surface area contributed by atoms with Crippen LogP contribution in [0.1, 0.15) is 56.3 Å². The molecule has 0 aromatic heterocycles. The van der Waals surface area contributed by atoms with Crippen LogP contribution in [0.15, 0.2) is 84.0 Å². The van der Waals surface area contributed by atoms with Crippen molar-refractivity contribution in [2.75, 3.05) is 0 Å². The van der Waals surface area contributed by atoms with Gasteiger partial charge in [-0.3, -0.25) is 0 Å². The molecule has 2 aromatic carbocycles. The first-order chi connectivity index (χ1) is 14.7. The van der Waals surface area contributed by atoms with Crippen LogP contribution in [0.2, 0.25) is 0 Å². The molecular weight excluding hydrogens is 374 g/mol. The molecule has 0 saturated carbocycles. The molecule has 0 aliphatic heterocycles. The van der Waals surface area contributed by atoms with E-state index in [-0.39, 0.29) is 37.7 Å². The van der Waals surface area contributed by atoms with E-state index in [0.717, 1.165) is 12.8 Å². The molecule has 0 nitrogen and oxygen atoms in total. The number of rotatable bonds is 3. The first-order valence-electron chi connectivity index (χ1n) is 10.9. The molecular formula is C30H24Li2. The molecule has 4 aliphatic carbocycles. The average Bonchev–Trinajstić information content (AvgIpc) is 3.32. The number of aryl methyl sites for hydroxylation is 2. The summed E-state index contributed by atoms with van der Waals surface area (Å²) in [6.07, 6.45) is 27.1. The second kappa shape index (κ2) is 9.14. The van der Waals surface area contributed by atoms with Gasteiger partial charge in [-0.15, -0.1) is 93.1 Å². The number of fused-ring (bicyclic) bond motifs is 6. The molecule has 146 valence electrons. The second-order valence-corrected chi connectivity index (χ2v) is 8.75. The van der Waals surface area contributed by atoms with Crippen LogP contribution in [-0.4, -0.2) is 0 Å². The predicted molar refractivity (Wildman–Crippen MR) is 124 cm³/mol. The van der Waals surface area contributed by atoms with Crippen LogP contribution in [0, 0.1) is 26.0 Å².